The molecule has 0 bridgehead atoms. The lowest BCUT2D eigenvalue weighted by Crippen LogP contribution is -2.45. The van der Waals surface area contributed by atoms with Crippen molar-refractivity contribution in [3.63, 3.8) is 0 Å². The maximum Gasteiger partial charge on any atom is 0.109 e. The normalized spacial score (nSPS) is 23.8. The topological polar surface area (TPSA) is 143 Å². The Morgan fingerprint density at radius 2 is 0.933 bits per heavy atom. The molecule has 2 unspecified atom stereocenters. The SMILES string of the molecule is C(COCCOCC1CO1)OCCOCC1CO1.O[C@@H]([C@H](O)[C@H](O)CBr)[C@H](O)CBr. The van der Waals surface area contributed by atoms with Gasteiger partial charge in [-0.1, -0.05) is 31.9 Å². The zero-order chi connectivity index (χ0) is 22.2. The van der Waals surface area contributed by atoms with E-state index in [-0.39, 0.29) is 10.7 Å². The number of epoxide rings is 2. The molecular formula is C18H34Br2O10. The van der Waals surface area contributed by atoms with Crippen LogP contribution in [-0.4, -0.2) is 134 Å². The van der Waals surface area contributed by atoms with Crippen LogP contribution >= 0.6 is 31.9 Å². The summed E-state index contributed by atoms with van der Waals surface area (Å²) >= 11 is 5.88. The Hall–Kier alpha value is 0.560. The third-order valence-electron chi connectivity index (χ3n) is 3.98. The lowest BCUT2D eigenvalue weighted by molar-refractivity contribution is -0.0916. The van der Waals surface area contributed by atoms with Crippen LogP contribution in [0.5, 0.6) is 0 Å². The first-order valence-electron chi connectivity index (χ1n) is 9.87. The predicted octanol–water partition coefficient (Wildman–Crippen LogP) is -0.930. The van der Waals surface area contributed by atoms with Crippen molar-refractivity contribution in [3.05, 3.63) is 0 Å². The summed E-state index contributed by atoms with van der Waals surface area (Å²) in [6.45, 7) is 6.66. The summed E-state index contributed by atoms with van der Waals surface area (Å²) in [7, 11) is 0. The van der Waals surface area contributed by atoms with Crippen LogP contribution in [0.2, 0.25) is 0 Å². The van der Waals surface area contributed by atoms with Gasteiger partial charge < -0.3 is 48.8 Å². The van der Waals surface area contributed by atoms with Crippen LogP contribution < -0.4 is 0 Å². The van der Waals surface area contributed by atoms with Crippen LogP contribution in [0, 0.1) is 0 Å². The second kappa shape index (κ2) is 18.0. The molecule has 12 heteroatoms. The third-order valence-corrected chi connectivity index (χ3v) is 5.31. The van der Waals surface area contributed by atoms with Crippen molar-refractivity contribution in [1.29, 1.82) is 0 Å². The zero-order valence-corrected chi connectivity index (χ0v) is 20.1. The molecule has 0 spiro atoms. The van der Waals surface area contributed by atoms with E-state index in [0.717, 1.165) is 13.2 Å². The molecular weight excluding hydrogens is 536 g/mol. The minimum atomic E-state index is -1.34. The molecule has 6 atom stereocenters. The highest BCUT2D eigenvalue weighted by atomic mass is 79.9. The summed E-state index contributed by atoms with van der Waals surface area (Å²) in [4.78, 5) is 0. The Labute approximate surface area is 194 Å². The van der Waals surface area contributed by atoms with Crippen LogP contribution in [0.4, 0.5) is 0 Å². The van der Waals surface area contributed by atoms with Crippen molar-refractivity contribution in [1.82, 2.24) is 0 Å². The van der Waals surface area contributed by atoms with Gasteiger partial charge in [0.1, 0.15) is 24.4 Å². The first-order valence-corrected chi connectivity index (χ1v) is 12.1. The van der Waals surface area contributed by atoms with Crippen LogP contribution in [0.3, 0.4) is 0 Å². The van der Waals surface area contributed by atoms with Gasteiger partial charge in [-0.3, -0.25) is 0 Å². The lowest BCUT2D eigenvalue weighted by atomic mass is 10.1. The van der Waals surface area contributed by atoms with Gasteiger partial charge in [0.25, 0.3) is 0 Å². The number of aliphatic hydroxyl groups is 4. The number of ether oxygens (including phenoxy) is 6. The van der Waals surface area contributed by atoms with E-state index in [1.165, 1.54) is 0 Å². The molecule has 180 valence electrons. The van der Waals surface area contributed by atoms with Crippen molar-refractivity contribution in [2.75, 3.05) is 76.7 Å². The summed E-state index contributed by atoms with van der Waals surface area (Å²) in [5.74, 6) is 0. The van der Waals surface area contributed by atoms with Gasteiger partial charge in [0.15, 0.2) is 0 Å². The summed E-state index contributed by atoms with van der Waals surface area (Å²) in [6.07, 6.45) is -4.17. The van der Waals surface area contributed by atoms with Crippen molar-refractivity contribution >= 4 is 31.9 Å². The second-order valence-electron chi connectivity index (χ2n) is 6.71. The van der Waals surface area contributed by atoms with Crippen molar-refractivity contribution in [3.8, 4) is 0 Å². The molecule has 2 saturated heterocycles. The summed E-state index contributed by atoms with van der Waals surface area (Å²) in [6, 6.07) is 0. The highest BCUT2D eigenvalue weighted by molar-refractivity contribution is 9.09. The van der Waals surface area contributed by atoms with Gasteiger partial charge in [-0.05, 0) is 0 Å². The highest BCUT2D eigenvalue weighted by Gasteiger charge is 2.28. The van der Waals surface area contributed by atoms with E-state index in [1.807, 2.05) is 0 Å². The summed E-state index contributed by atoms with van der Waals surface area (Å²) in [5, 5.41) is 36.8. The molecule has 0 aromatic heterocycles. The van der Waals surface area contributed by atoms with Gasteiger partial charge in [-0.25, -0.2) is 0 Å². The number of hydrogen-bond acceptors (Lipinski definition) is 10. The average Bonchev–Trinajstić information content (AvgIpc) is 3.68. The fourth-order valence-corrected chi connectivity index (χ4v) is 2.72. The minimum absolute atomic E-state index is 0.153. The Bertz CT molecular complexity index is 365. The predicted molar refractivity (Wildman–Crippen MR) is 114 cm³/mol. The molecule has 0 radical (unpaired) electrons. The largest absolute Gasteiger partial charge is 0.389 e. The quantitative estimate of drug-likeness (QED) is 0.0928. The molecule has 0 amide bonds. The third kappa shape index (κ3) is 15.4. The van der Waals surface area contributed by atoms with E-state index < -0.39 is 24.4 Å². The van der Waals surface area contributed by atoms with E-state index in [4.69, 9.17) is 38.6 Å². The molecule has 0 saturated carbocycles. The monoisotopic (exact) mass is 568 g/mol. The van der Waals surface area contributed by atoms with Gasteiger partial charge in [0, 0.05) is 10.7 Å². The average molecular weight is 570 g/mol. The molecule has 4 N–H and O–H groups in total. The van der Waals surface area contributed by atoms with Crippen molar-refractivity contribution in [2.24, 2.45) is 0 Å². The lowest BCUT2D eigenvalue weighted by Gasteiger charge is -2.24. The second-order valence-corrected chi connectivity index (χ2v) is 8.00. The zero-order valence-electron chi connectivity index (χ0n) is 16.9. The molecule has 2 heterocycles. The van der Waals surface area contributed by atoms with Crippen LogP contribution in [0.25, 0.3) is 0 Å². The van der Waals surface area contributed by atoms with E-state index in [9.17, 15) is 10.2 Å². The minimum Gasteiger partial charge on any atom is -0.389 e. The van der Waals surface area contributed by atoms with Gasteiger partial charge in [-0.15, -0.1) is 0 Å². The number of hydrogen-bond donors (Lipinski definition) is 4. The molecule has 0 aliphatic carbocycles. The van der Waals surface area contributed by atoms with E-state index in [2.05, 4.69) is 31.9 Å². The highest BCUT2D eigenvalue weighted by Crippen LogP contribution is 2.09. The van der Waals surface area contributed by atoms with Gasteiger partial charge in [0.05, 0.1) is 78.3 Å². The first-order chi connectivity index (χ1) is 14.5. The molecule has 10 nitrogen and oxygen atoms in total. The molecule has 2 aliphatic heterocycles. The fourth-order valence-electron chi connectivity index (χ4n) is 1.95. The molecule has 0 aromatic carbocycles. The molecule has 2 rings (SSSR count). The fraction of sp³-hybridized carbons (Fsp3) is 1.00. The Balaban J connectivity index is 0.000000329. The van der Waals surface area contributed by atoms with E-state index >= 15 is 0 Å². The van der Waals surface area contributed by atoms with Gasteiger partial charge in [-0.2, -0.15) is 0 Å². The van der Waals surface area contributed by atoms with Gasteiger partial charge in [0.2, 0.25) is 0 Å². The standard InChI is InChI=1S/C12H22O6.C6H12Br2O4/c1(13-3-5-15-7-11-9-17-11)2-14-4-6-16-8-12-10-18-12;7-1-3(9)5(11)6(12)4(10)2-8/h11-12H,1-10H2;3-6,9-12H,1-2H2/t;3-,4-,5-,6-/m.1/s1. The molecule has 0 aromatic rings. The van der Waals surface area contributed by atoms with Crippen molar-refractivity contribution < 1.29 is 48.8 Å². The molecule has 2 aliphatic rings. The van der Waals surface area contributed by atoms with Crippen LogP contribution in [-0.2, 0) is 28.4 Å². The van der Waals surface area contributed by atoms with E-state index in [0.29, 0.717) is 65.1 Å². The number of aliphatic hydroxyl groups excluding tert-OH is 4. The maximum absolute atomic E-state index is 9.18. The maximum atomic E-state index is 9.18. The number of halogens is 2. The smallest absolute Gasteiger partial charge is 0.109 e. The number of alkyl halides is 2. The molecule has 2 fully saturated rings. The first kappa shape index (κ1) is 28.6. The Morgan fingerprint density at radius 3 is 1.20 bits per heavy atom. The van der Waals surface area contributed by atoms with Gasteiger partial charge >= 0.3 is 0 Å². The number of rotatable bonds is 18. The van der Waals surface area contributed by atoms with Crippen LogP contribution in [0.15, 0.2) is 0 Å². The molecule has 30 heavy (non-hydrogen) atoms. The Morgan fingerprint density at radius 1 is 0.633 bits per heavy atom. The summed E-state index contributed by atoms with van der Waals surface area (Å²) < 4.78 is 31.4. The van der Waals surface area contributed by atoms with Crippen LogP contribution in [0.1, 0.15) is 0 Å². The van der Waals surface area contributed by atoms with E-state index in [1.54, 1.807) is 0 Å². The Kier molecular flexibility index (Phi) is 17.2. The van der Waals surface area contributed by atoms with Crippen molar-refractivity contribution in [2.45, 2.75) is 36.6 Å². The summed E-state index contributed by atoms with van der Waals surface area (Å²) in [5.41, 5.74) is 0.